The summed E-state index contributed by atoms with van der Waals surface area (Å²) in [4.78, 5) is 38.8. The molecular weight excluding hydrogens is 652 g/mol. The van der Waals surface area contributed by atoms with E-state index in [4.69, 9.17) is 14.8 Å². The summed E-state index contributed by atoms with van der Waals surface area (Å²) >= 11 is 0. The van der Waals surface area contributed by atoms with Gasteiger partial charge < -0.3 is 10.2 Å². The first-order chi connectivity index (χ1) is 24.4. The van der Waals surface area contributed by atoms with Gasteiger partial charge in [0.05, 0.1) is 29.7 Å². The van der Waals surface area contributed by atoms with Crippen LogP contribution in [0.15, 0.2) is 24.3 Å². The molecule has 0 amide bonds. The Labute approximate surface area is 319 Å². The van der Waals surface area contributed by atoms with Gasteiger partial charge in [0.25, 0.3) is 0 Å². The van der Waals surface area contributed by atoms with E-state index in [1.54, 1.807) is 0 Å². The van der Waals surface area contributed by atoms with Gasteiger partial charge in [-0.25, -0.2) is 0 Å². The zero-order valence-electron chi connectivity index (χ0n) is 35.2. The number of hydrogen-bond acceptors (Lipinski definition) is 6. The normalized spacial score (nSPS) is 23.4. The molecule has 2 N–H and O–H groups in total. The van der Waals surface area contributed by atoms with Crippen LogP contribution in [0.5, 0.6) is 0 Å². The second-order valence-electron chi connectivity index (χ2n) is 18.1. The molecule has 0 aliphatic carbocycles. The second-order valence-corrected chi connectivity index (χ2v) is 18.1. The summed E-state index contributed by atoms with van der Waals surface area (Å²) in [7, 11) is 0. The Bertz CT molecular complexity index is 1060. The third-order valence-corrected chi connectivity index (χ3v) is 11.9. The number of hydrogen-bond donors (Lipinski definition) is 2. The van der Waals surface area contributed by atoms with Crippen LogP contribution >= 0.6 is 0 Å². The van der Waals surface area contributed by atoms with E-state index in [1.165, 1.54) is 51.4 Å². The molecule has 0 aromatic heterocycles. The van der Waals surface area contributed by atoms with Gasteiger partial charge in [-0.05, 0) is 81.1 Å². The summed E-state index contributed by atoms with van der Waals surface area (Å²) < 4.78 is 0. The van der Waals surface area contributed by atoms with Crippen molar-refractivity contribution in [1.29, 1.82) is 0 Å². The van der Waals surface area contributed by atoms with Gasteiger partial charge in [-0.2, -0.15) is 10.1 Å². The highest BCUT2D eigenvalue weighted by Gasteiger charge is 2.64. The third-order valence-electron chi connectivity index (χ3n) is 11.9. The molecule has 2 aliphatic heterocycles. The predicted molar refractivity (Wildman–Crippen MR) is 214 cm³/mol. The number of unbranched alkanes of at least 4 members (excludes halogenated alkanes) is 14. The van der Waals surface area contributed by atoms with E-state index in [2.05, 4.69) is 104 Å². The Hall–Kier alpha value is -1.74. The van der Waals surface area contributed by atoms with Crippen LogP contribution in [0.25, 0.3) is 0 Å². The first kappa shape index (κ1) is 46.4. The maximum atomic E-state index is 14.3. The summed E-state index contributed by atoms with van der Waals surface area (Å²) in [5.74, 6) is -2.27. The summed E-state index contributed by atoms with van der Waals surface area (Å²) in [6.07, 6.45) is 27.5. The first-order valence-corrected chi connectivity index (χ1v) is 21.1. The largest absolute Gasteiger partial charge is 0.481 e. The molecule has 2 atom stereocenters. The molecular formula is C44H80N2O6. The highest BCUT2D eigenvalue weighted by atomic mass is 16.7. The minimum absolute atomic E-state index is 0.176. The molecule has 8 heteroatoms. The number of carbonyl (C=O) groups is 2. The average molecular weight is 733 g/mol. The Morgan fingerprint density at radius 3 is 1.33 bits per heavy atom. The van der Waals surface area contributed by atoms with Gasteiger partial charge in [-0.1, -0.05) is 128 Å². The molecule has 8 nitrogen and oxygen atoms in total. The van der Waals surface area contributed by atoms with E-state index in [1.807, 2.05) is 0 Å². The summed E-state index contributed by atoms with van der Waals surface area (Å²) in [5.41, 5.74) is -3.27. The lowest BCUT2D eigenvalue weighted by Crippen LogP contribution is -2.70. The number of carboxylic acids is 2. The fraction of sp³-hybridized carbons (Fsp3) is 0.864. The number of nitrogens with zero attached hydrogens (tertiary/aromatic N) is 2. The number of hydroxylamine groups is 4. The molecule has 0 aromatic carbocycles. The molecule has 2 rings (SSSR count). The van der Waals surface area contributed by atoms with Crippen molar-refractivity contribution in [3.8, 4) is 0 Å². The van der Waals surface area contributed by atoms with Crippen LogP contribution in [0.2, 0.25) is 0 Å². The maximum Gasteiger partial charge on any atom is 0.310 e. The van der Waals surface area contributed by atoms with Crippen molar-refractivity contribution in [3.63, 3.8) is 0 Å². The summed E-state index contributed by atoms with van der Waals surface area (Å²) in [5, 5.41) is 25.0. The molecule has 0 saturated heterocycles. The van der Waals surface area contributed by atoms with Crippen molar-refractivity contribution in [2.45, 2.75) is 213 Å². The molecule has 0 fully saturated rings. The molecule has 2 heterocycles. The number of rotatable bonds is 27. The Morgan fingerprint density at radius 2 is 0.942 bits per heavy atom. The van der Waals surface area contributed by atoms with Crippen molar-refractivity contribution < 1.29 is 29.5 Å². The lowest BCUT2D eigenvalue weighted by molar-refractivity contribution is -0.294. The molecule has 2 unspecified atom stereocenters. The van der Waals surface area contributed by atoms with Crippen LogP contribution in [-0.4, -0.2) is 67.6 Å². The lowest BCUT2D eigenvalue weighted by atomic mass is 9.52. The molecule has 0 radical (unpaired) electrons. The maximum absolute atomic E-state index is 14.3. The van der Waals surface area contributed by atoms with Gasteiger partial charge in [0.2, 0.25) is 0 Å². The molecule has 0 aromatic rings. The average Bonchev–Trinajstić information content (AvgIpc) is 3.04. The molecule has 302 valence electrons. The standard InChI is InChI=1S/C44H80N2O6/c1-11-13-15-17-22-26-34-51-45-40(3,4)32-29-36(42(45,7)8)44(39(49)50,31-25-21-19-20-24-28-38(47)48)37-30-33-41(5,6)46(43(37,9)10)52-35-27-23-18-16-14-12-2/h29-30,32-33,36-37H,11-28,31,34-35H2,1-10H3,(H,47,48)(H,49,50). The van der Waals surface area contributed by atoms with Gasteiger partial charge in [-0.3, -0.25) is 19.3 Å². The number of aliphatic carboxylic acids is 2. The monoisotopic (exact) mass is 733 g/mol. The summed E-state index contributed by atoms with van der Waals surface area (Å²) in [6.45, 7) is 23.0. The fourth-order valence-corrected chi connectivity index (χ4v) is 9.46. The Kier molecular flexibility index (Phi) is 19.1. The second kappa shape index (κ2) is 21.4. The van der Waals surface area contributed by atoms with E-state index in [9.17, 15) is 14.7 Å². The Balaban J connectivity index is 2.50. The van der Waals surface area contributed by atoms with Crippen LogP contribution in [0, 0.1) is 17.3 Å². The van der Waals surface area contributed by atoms with E-state index >= 15 is 0 Å². The predicted octanol–water partition coefficient (Wildman–Crippen LogP) is 11.5. The van der Waals surface area contributed by atoms with Gasteiger partial charge in [-0.15, -0.1) is 0 Å². The van der Waals surface area contributed by atoms with Gasteiger partial charge in [0.15, 0.2) is 0 Å². The van der Waals surface area contributed by atoms with Crippen molar-refractivity contribution in [2.75, 3.05) is 13.2 Å². The Morgan fingerprint density at radius 1 is 0.577 bits per heavy atom. The SMILES string of the molecule is CCCCCCCCON1C(C)(C)C=CC(C(CCCCCCCC(=O)O)(C(=O)O)C2C=CC(C)(C)N(OCCCCCCCC)C2(C)C)C1(C)C. The van der Waals surface area contributed by atoms with Crippen molar-refractivity contribution in [2.24, 2.45) is 17.3 Å². The lowest BCUT2D eigenvalue weighted by Gasteiger charge is -2.61. The molecule has 52 heavy (non-hydrogen) atoms. The molecule has 0 spiro atoms. The molecule has 0 saturated carbocycles. The first-order valence-electron chi connectivity index (χ1n) is 21.1. The zero-order chi connectivity index (χ0) is 39.1. The van der Waals surface area contributed by atoms with Crippen molar-refractivity contribution >= 4 is 11.9 Å². The topological polar surface area (TPSA) is 99.5 Å². The molecule has 0 bridgehead atoms. The van der Waals surface area contributed by atoms with Crippen LogP contribution in [0.1, 0.15) is 191 Å². The third kappa shape index (κ3) is 12.4. The minimum Gasteiger partial charge on any atom is -0.481 e. The van der Waals surface area contributed by atoms with E-state index in [0.29, 0.717) is 26.1 Å². The van der Waals surface area contributed by atoms with Crippen molar-refractivity contribution in [1.82, 2.24) is 10.1 Å². The fourth-order valence-electron chi connectivity index (χ4n) is 9.46. The smallest absolute Gasteiger partial charge is 0.310 e. The van der Waals surface area contributed by atoms with Crippen LogP contribution in [0.4, 0.5) is 0 Å². The zero-order valence-corrected chi connectivity index (χ0v) is 35.2. The van der Waals surface area contributed by atoms with E-state index in [0.717, 1.165) is 51.4 Å². The quantitative estimate of drug-likeness (QED) is 0.0636. The number of carboxylic acid groups (broad SMARTS) is 2. The van der Waals surface area contributed by atoms with Gasteiger partial charge >= 0.3 is 11.9 Å². The van der Waals surface area contributed by atoms with Crippen LogP contribution in [0.3, 0.4) is 0 Å². The van der Waals surface area contributed by atoms with Gasteiger partial charge in [0, 0.05) is 29.3 Å². The van der Waals surface area contributed by atoms with Gasteiger partial charge in [0.1, 0.15) is 0 Å². The highest BCUT2D eigenvalue weighted by Crippen LogP contribution is 2.57. The van der Waals surface area contributed by atoms with Crippen LogP contribution < -0.4 is 0 Å². The van der Waals surface area contributed by atoms with Crippen LogP contribution in [-0.2, 0) is 19.3 Å². The van der Waals surface area contributed by atoms with E-state index < -0.39 is 39.5 Å². The van der Waals surface area contributed by atoms with Crippen molar-refractivity contribution in [3.05, 3.63) is 24.3 Å². The molecule has 2 aliphatic rings. The minimum atomic E-state index is -1.17. The highest BCUT2D eigenvalue weighted by molar-refractivity contribution is 5.77. The van der Waals surface area contributed by atoms with E-state index in [-0.39, 0.29) is 18.3 Å². The summed E-state index contributed by atoms with van der Waals surface area (Å²) in [6, 6.07) is 0.